The van der Waals surface area contributed by atoms with Crippen LogP contribution in [0.4, 0.5) is 0 Å². The van der Waals surface area contributed by atoms with E-state index in [0.717, 1.165) is 4.47 Å². The van der Waals surface area contributed by atoms with Crippen molar-refractivity contribution in [2.75, 3.05) is 6.61 Å². The smallest absolute Gasteiger partial charge is 0.0887 e. The summed E-state index contributed by atoms with van der Waals surface area (Å²) in [5.41, 5.74) is -0.481. The fraction of sp³-hybridized carbons (Fsp3) is 0.636. The van der Waals surface area contributed by atoms with Crippen LogP contribution in [0.5, 0.6) is 0 Å². The van der Waals surface area contributed by atoms with E-state index >= 15 is 0 Å². The van der Waals surface area contributed by atoms with E-state index in [2.05, 4.69) is 15.9 Å². The number of aliphatic hydroxyl groups excluding tert-OH is 1. The van der Waals surface area contributed by atoms with Gasteiger partial charge in [0.15, 0.2) is 0 Å². The highest BCUT2D eigenvalue weighted by Crippen LogP contribution is 2.24. The second-order valence-electron chi connectivity index (χ2n) is 3.99. The van der Waals surface area contributed by atoms with Crippen molar-refractivity contribution in [2.24, 2.45) is 0 Å². The molecule has 15 heavy (non-hydrogen) atoms. The Morgan fingerprint density at radius 1 is 1.60 bits per heavy atom. The van der Waals surface area contributed by atoms with Gasteiger partial charge in [0.1, 0.15) is 0 Å². The molecule has 1 rings (SSSR count). The first-order valence-corrected chi connectivity index (χ1v) is 6.68. The lowest BCUT2D eigenvalue weighted by Gasteiger charge is -2.30. The average Bonchev–Trinajstić information content (AvgIpc) is 2.51. The Labute approximate surface area is 103 Å². The fourth-order valence-electron chi connectivity index (χ4n) is 1.37. The maximum absolute atomic E-state index is 10.0. The van der Waals surface area contributed by atoms with Crippen molar-refractivity contribution in [2.45, 2.75) is 38.9 Å². The van der Waals surface area contributed by atoms with Crippen LogP contribution in [0, 0.1) is 0 Å². The molecule has 1 aromatic heterocycles. The molecule has 0 radical (unpaired) electrons. The summed E-state index contributed by atoms with van der Waals surface area (Å²) in [6, 6.07) is 2.04. The van der Waals surface area contributed by atoms with E-state index in [-0.39, 0.29) is 0 Å². The van der Waals surface area contributed by atoms with Gasteiger partial charge in [-0.2, -0.15) is 0 Å². The molecule has 0 saturated carbocycles. The molecular weight excluding hydrogens is 276 g/mol. The predicted octanol–water partition coefficient (Wildman–Crippen LogP) is 3.23. The summed E-state index contributed by atoms with van der Waals surface area (Å²) in [4.78, 5) is 1.17. The number of hydrogen-bond acceptors (Lipinski definition) is 3. The van der Waals surface area contributed by atoms with Gasteiger partial charge in [0.2, 0.25) is 0 Å². The summed E-state index contributed by atoms with van der Waals surface area (Å²) in [5, 5.41) is 12.1. The molecule has 1 atom stereocenters. The molecule has 0 amide bonds. The number of halogens is 1. The SMILES string of the molecule is CCOC(C)(C)C(O)Cc1cc(Br)cs1. The van der Waals surface area contributed by atoms with E-state index in [0.29, 0.717) is 13.0 Å². The Balaban J connectivity index is 2.58. The first-order valence-electron chi connectivity index (χ1n) is 5.00. The maximum Gasteiger partial charge on any atom is 0.0887 e. The second-order valence-corrected chi connectivity index (χ2v) is 5.90. The van der Waals surface area contributed by atoms with Crippen molar-refractivity contribution >= 4 is 27.3 Å². The Morgan fingerprint density at radius 3 is 2.73 bits per heavy atom. The van der Waals surface area contributed by atoms with Crippen LogP contribution in [0.3, 0.4) is 0 Å². The quantitative estimate of drug-likeness (QED) is 0.903. The lowest BCUT2D eigenvalue weighted by Crippen LogP contribution is -2.40. The highest BCUT2D eigenvalue weighted by molar-refractivity contribution is 9.10. The van der Waals surface area contributed by atoms with Gasteiger partial charge in [-0.1, -0.05) is 0 Å². The van der Waals surface area contributed by atoms with Crippen LogP contribution in [0.25, 0.3) is 0 Å². The molecule has 0 saturated heterocycles. The zero-order valence-corrected chi connectivity index (χ0v) is 11.7. The van der Waals surface area contributed by atoms with Crippen LogP contribution >= 0.6 is 27.3 Å². The maximum atomic E-state index is 10.0. The lowest BCUT2D eigenvalue weighted by atomic mass is 9.98. The Kier molecular flexibility index (Phi) is 4.77. The normalized spacial score (nSPS) is 14.2. The van der Waals surface area contributed by atoms with Gasteiger partial charge in [-0.15, -0.1) is 11.3 Å². The van der Waals surface area contributed by atoms with Crippen LogP contribution in [0.1, 0.15) is 25.6 Å². The van der Waals surface area contributed by atoms with Crippen LogP contribution in [-0.2, 0) is 11.2 Å². The van der Waals surface area contributed by atoms with Gasteiger partial charge in [-0.25, -0.2) is 0 Å². The summed E-state index contributed by atoms with van der Waals surface area (Å²) >= 11 is 5.05. The van der Waals surface area contributed by atoms with Crippen molar-refractivity contribution < 1.29 is 9.84 Å². The molecule has 0 spiro atoms. The first kappa shape index (κ1) is 13.2. The van der Waals surface area contributed by atoms with Crippen molar-refractivity contribution in [1.29, 1.82) is 0 Å². The second kappa shape index (κ2) is 5.43. The summed E-state index contributed by atoms with van der Waals surface area (Å²) in [7, 11) is 0. The molecule has 1 unspecified atom stereocenters. The van der Waals surface area contributed by atoms with Gasteiger partial charge in [-0.3, -0.25) is 0 Å². The highest BCUT2D eigenvalue weighted by atomic mass is 79.9. The van der Waals surface area contributed by atoms with Crippen LogP contribution in [0.2, 0.25) is 0 Å². The summed E-state index contributed by atoms with van der Waals surface area (Å²) in [5.74, 6) is 0. The molecule has 86 valence electrons. The first-order chi connectivity index (χ1) is 6.95. The minimum atomic E-state index is -0.481. The topological polar surface area (TPSA) is 29.5 Å². The largest absolute Gasteiger partial charge is 0.390 e. The summed E-state index contributed by atoms with van der Waals surface area (Å²) < 4.78 is 6.59. The molecule has 1 aromatic rings. The molecule has 0 fully saturated rings. The number of rotatable bonds is 5. The fourth-order valence-corrected chi connectivity index (χ4v) is 2.85. The molecule has 0 aromatic carbocycles. The highest BCUT2D eigenvalue weighted by Gasteiger charge is 2.28. The van der Waals surface area contributed by atoms with E-state index in [1.165, 1.54) is 4.88 Å². The minimum absolute atomic E-state index is 0.469. The van der Waals surface area contributed by atoms with E-state index in [1.807, 2.05) is 32.2 Å². The Morgan fingerprint density at radius 2 is 2.27 bits per heavy atom. The number of hydrogen-bond donors (Lipinski definition) is 1. The molecule has 0 bridgehead atoms. The number of thiophene rings is 1. The molecule has 4 heteroatoms. The molecule has 1 heterocycles. The standard InChI is InChI=1S/C11H17BrO2S/c1-4-14-11(2,3)10(13)6-9-5-8(12)7-15-9/h5,7,10,13H,4,6H2,1-3H3. The zero-order chi connectivity index (χ0) is 11.5. The minimum Gasteiger partial charge on any atom is -0.390 e. The summed E-state index contributed by atoms with van der Waals surface area (Å²) in [6.07, 6.45) is 0.173. The van der Waals surface area contributed by atoms with Gasteiger partial charge in [0.05, 0.1) is 11.7 Å². The van der Waals surface area contributed by atoms with E-state index in [4.69, 9.17) is 4.74 Å². The third-order valence-electron chi connectivity index (χ3n) is 2.34. The van der Waals surface area contributed by atoms with Crippen molar-refractivity contribution in [3.63, 3.8) is 0 Å². The number of ether oxygens (including phenoxy) is 1. The summed E-state index contributed by atoms with van der Waals surface area (Å²) in [6.45, 7) is 6.40. The molecule has 1 N–H and O–H groups in total. The van der Waals surface area contributed by atoms with Crippen LogP contribution < -0.4 is 0 Å². The molecule has 0 aliphatic rings. The van der Waals surface area contributed by atoms with Crippen molar-refractivity contribution in [1.82, 2.24) is 0 Å². The molecule has 0 aliphatic carbocycles. The van der Waals surface area contributed by atoms with Gasteiger partial charge < -0.3 is 9.84 Å². The van der Waals surface area contributed by atoms with Crippen LogP contribution in [0.15, 0.2) is 15.9 Å². The van der Waals surface area contributed by atoms with Gasteiger partial charge in [-0.05, 0) is 42.8 Å². The molecule has 0 aliphatic heterocycles. The van der Waals surface area contributed by atoms with E-state index in [1.54, 1.807) is 11.3 Å². The molecular formula is C11H17BrO2S. The molecule has 2 nitrogen and oxygen atoms in total. The van der Waals surface area contributed by atoms with Gasteiger partial charge >= 0.3 is 0 Å². The van der Waals surface area contributed by atoms with Gasteiger partial charge in [0.25, 0.3) is 0 Å². The monoisotopic (exact) mass is 292 g/mol. The zero-order valence-electron chi connectivity index (χ0n) is 9.29. The van der Waals surface area contributed by atoms with E-state index < -0.39 is 11.7 Å². The Hall–Kier alpha value is 0.1000. The predicted molar refractivity (Wildman–Crippen MR) is 67.4 cm³/mol. The van der Waals surface area contributed by atoms with Crippen molar-refractivity contribution in [3.8, 4) is 0 Å². The average molecular weight is 293 g/mol. The van der Waals surface area contributed by atoms with Crippen LogP contribution in [-0.4, -0.2) is 23.4 Å². The third-order valence-corrected chi connectivity index (χ3v) is 4.06. The van der Waals surface area contributed by atoms with Gasteiger partial charge in [0, 0.05) is 27.8 Å². The third kappa shape index (κ3) is 3.87. The number of aliphatic hydroxyl groups is 1. The van der Waals surface area contributed by atoms with Crippen molar-refractivity contribution in [3.05, 3.63) is 20.8 Å². The lowest BCUT2D eigenvalue weighted by molar-refractivity contribution is -0.0952. The van der Waals surface area contributed by atoms with E-state index in [9.17, 15) is 5.11 Å². The Bertz CT molecular complexity index is 309.